The number of rotatable bonds is 3. The van der Waals surface area contributed by atoms with Gasteiger partial charge in [-0.15, -0.1) is 10.2 Å². The molecule has 20 heavy (non-hydrogen) atoms. The van der Waals surface area contributed by atoms with E-state index in [1.165, 1.54) is 11.3 Å². The zero-order valence-corrected chi connectivity index (χ0v) is 12.2. The van der Waals surface area contributed by atoms with E-state index >= 15 is 0 Å². The highest BCUT2D eigenvalue weighted by atomic mass is 32.1. The molecule has 108 valence electrons. The van der Waals surface area contributed by atoms with Crippen molar-refractivity contribution in [1.29, 1.82) is 0 Å². The Bertz CT molecular complexity index is 467. The minimum Gasteiger partial charge on any atom is -0.465 e. The Morgan fingerprint density at radius 1 is 1.30 bits per heavy atom. The van der Waals surface area contributed by atoms with Gasteiger partial charge in [-0.3, -0.25) is 4.79 Å². The van der Waals surface area contributed by atoms with Gasteiger partial charge >= 0.3 is 0 Å². The lowest BCUT2D eigenvalue weighted by molar-refractivity contribution is -0.137. The first-order chi connectivity index (χ1) is 9.83. The van der Waals surface area contributed by atoms with E-state index in [-0.39, 0.29) is 12.0 Å². The van der Waals surface area contributed by atoms with E-state index in [4.69, 9.17) is 4.74 Å². The van der Waals surface area contributed by atoms with Crippen molar-refractivity contribution in [3.8, 4) is 5.19 Å². The molecule has 1 saturated heterocycles. The van der Waals surface area contributed by atoms with Crippen molar-refractivity contribution in [1.82, 2.24) is 15.1 Å². The van der Waals surface area contributed by atoms with Crippen LogP contribution in [0.25, 0.3) is 0 Å². The Labute approximate surface area is 122 Å². The molecule has 1 aliphatic heterocycles. The molecule has 2 heterocycles. The number of allylic oxidation sites excluding steroid dienone is 2. The molecule has 1 aromatic heterocycles. The van der Waals surface area contributed by atoms with Crippen molar-refractivity contribution in [2.24, 2.45) is 5.92 Å². The fraction of sp³-hybridized carbons (Fsp3) is 0.643. The summed E-state index contributed by atoms with van der Waals surface area (Å²) in [6.07, 6.45) is 9.17. The second-order valence-corrected chi connectivity index (χ2v) is 6.12. The summed E-state index contributed by atoms with van der Waals surface area (Å²) in [6, 6.07) is 0. The maximum atomic E-state index is 12.4. The molecule has 1 amide bonds. The molecule has 1 atom stereocenters. The maximum Gasteiger partial charge on any atom is 0.294 e. The largest absolute Gasteiger partial charge is 0.465 e. The Balaban J connectivity index is 1.48. The van der Waals surface area contributed by atoms with Gasteiger partial charge in [0.25, 0.3) is 5.19 Å². The Morgan fingerprint density at radius 2 is 2.15 bits per heavy atom. The van der Waals surface area contributed by atoms with Crippen LogP contribution in [0.3, 0.4) is 0 Å². The van der Waals surface area contributed by atoms with Gasteiger partial charge in [-0.25, -0.2) is 0 Å². The van der Waals surface area contributed by atoms with Crippen molar-refractivity contribution in [3.05, 3.63) is 17.7 Å². The third kappa shape index (κ3) is 3.17. The van der Waals surface area contributed by atoms with Gasteiger partial charge in [0.2, 0.25) is 5.91 Å². The van der Waals surface area contributed by atoms with E-state index in [0.29, 0.717) is 11.1 Å². The molecule has 1 aliphatic carbocycles. The van der Waals surface area contributed by atoms with Crippen LogP contribution in [0.5, 0.6) is 5.19 Å². The molecule has 1 aromatic rings. The van der Waals surface area contributed by atoms with Crippen LogP contribution >= 0.6 is 11.3 Å². The predicted octanol–water partition coefficient (Wildman–Crippen LogP) is 2.26. The highest BCUT2D eigenvalue weighted by Gasteiger charge is 2.29. The van der Waals surface area contributed by atoms with Crippen LogP contribution in [0, 0.1) is 5.92 Å². The summed E-state index contributed by atoms with van der Waals surface area (Å²) in [4.78, 5) is 14.4. The van der Waals surface area contributed by atoms with E-state index in [1.54, 1.807) is 5.51 Å². The number of piperidine rings is 1. The lowest BCUT2D eigenvalue weighted by atomic mass is 9.92. The zero-order chi connectivity index (χ0) is 13.8. The lowest BCUT2D eigenvalue weighted by Gasteiger charge is -2.34. The number of nitrogens with zero attached hydrogens (tertiary/aromatic N) is 3. The highest BCUT2D eigenvalue weighted by molar-refractivity contribution is 7.11. The van der Waals surface area contributed by atoms with Crippen molar-refractivity contribution < 1.29 is 9.53 Å². The first-order valence-electron chi connectivity index (χ1n) is 7.19. The van der Waals surface area contributed by atoms with Gasteiger partial charge in [-0.05, 0) is 19.3 Å². The third-order valence-corrected chi connectivity index (χ3v) is 4.56. The Kier molecular flexibility index (Phi) is 4.30. The molecular formula is C14H19N3O2S. The zero-order valence-electron chi connectivity index (χ0n) is 11.4. The quantitative estimate of drug-likeness (QED) is 0.802. The van der Waals surface area contributed by atoms with E-state index in [1.807, 2.05) is 4.90 Å². The topological polar surface area (TPSA) is 55.3 Å². The predicted molar refractivity (Wildman–Crippen MR) is 76.6 cm³/mol. The smallest absolute Gasteiger partial charge is 0.294 e. The van der Waals surface area contributed by atoms with E-state index in [0.717, 1.165) is 45.2 Å². The summed E-state index contributed by atoms with van der Waals surface area (Å²) >= 11 is 1.41. The Hall–Kier alpha value is -1.43. The molecule has 6 heteroatoms. The molecule has 3 rings (SSSR count). The molecular weight excluding hydrogens is 274 g/mol. The molecule has 1 unspecified atom stereocenters. The molecule has 0 spiro atoms. The SMILES string of the molecule is O=C(C1CC=CCC1)N1CCC(Oc2nncs2)CC1. The van der Waals surface area contributed by atoms with E-state index < -0.39 is 0 Å². The minimum absolute atomic E-state index is 0.165. The summed E-state index contributed by atoms with van der Waals surface area (Å²) in [7, 11) is 0. The summed E-state index contributed by atoms with van der Waals surface area (Å²) in [6.45, 7) is 1.59. The standard InChI is InChI=1S/C14H19N3O2S/c18-13(11-4-2-1-3-5-11)17-8-6-12(7-9-17)19-14-16-15-10-20-14/h1-2,10-12H,3-9H2. The van der Waals surface area contributed by atoms with Crippen molar-refractivity contribution in [2.75, 3.05) is 13.1 Å². The van der Waals surface area contributed by atoms with Gasteiger partial charge in [-0.1, -0.05) is 23.5 Å². The normalized spacial score (nSPS) is 23.8. The molecule has 2 aliphatic rings. The van der Waals surface area contributed by atoms with Crippen molar-refractivity contribution in [3.63, 3.8) is 0 Å². The number of carbonyl (C=O) groups excluding carboxylic acids is 1. The molecule has 0 radical (unpaired) electrons. The van der Waals surface area contributed by atoms with E-state index in [9.17, 15) is 4.79 Å². The van der Waals surface area contributed by atoms with Crippen LogP contribution in [-0.4, -0.2) is 40.2 Å². The Morgan fingerprint density at radius 3 is 2.80 bits per heavy atom. The van der Waals surface area contributed by atoms with Crippen LogP contribution in [0.2, 0.25) is 0 Å². The fourth-order valence-corrected chi connectivity index (χ4v) is 3.30. The number of ether oxygens (including phenoxy) is 1. The van der Waals surface area contributed by atoms with Gasteiger partial charge in [0, 0.05) is 31.8 Å². The summed E-state index contributed by atoms with van der Waals surface area (Å²) < 4.78 is 5.76. The summed E-state index contributed by atoms with van der Waals surface area (Å²) in [5.41, 5.74) is 1.67. The van der Waals surface area contributed by atoms with Gasteiger partial charge in [0.15, 0.2) is 0 Å². The van der Waals surface area contributed by atoms with Crippen molar-refractivity contribution in [2.45, 2.75) is 38.2 Å². The number of hydrogen-bond acceptors (Lipinski definition) is 5. The lowest BCUT2D eigenvalue weighted by Crippen LogP contribution is -2.44. The van der Waals surface area contributed by atoms with Crippen LogP contribution in [0.15, 0.2) is 17.7 Å². The first-order valence-corrected chi connectivity index (χ1v) is 8.07. The second kappa shape index (κ2) is 6.35. The monoisotopic (exact) mass is 293 g/mol. The third-order valence-electron chi connectivity index (χ3n) is 3.98. The maximum absolute atomic E-state index is 12.4. The average molecular weight is 293 g/mol. The van der Waals surface area contributed by atoms with Crippen molar-refractivity contribution >= 4 is 17.2 Å². The van der Waals surface area contributed by atoms with Gasteiger partial charge in [-0.2, -0.15) is 0 Å². The molecule has 0 saturated carbocycles. The second-order valence-electron chi connectivity index (χ2n) is 5.33. The van der Waals surface area contributed by atoms with E-state index in [2.05, 4.69) is 22.3 Å². The number of likely N-dealkylation sites (tertiary alicyclic amines) is 1. The minimum atomic E-state index is 0.165. The molecule has 0 aromatic carbocycles. The number of aromatic nitrogens is 2. The average Bonchev–Trinajstić information content (AvgIpc) is 3.01. The van der Waals surface area contributed by atoms with Crippen LogP contribution < -0.4 is 4.74 Å². The van der Waals surface area contributed by atoms with Crippen LogP contribution in [0.4, 0.5) is 0 Å². The molecule has 0 bridgehead atoms. The number of hydrogen-bond donors (Lipinski definition) is 0. The first kappa shape index (κ1) is 13.5. The van der Waals surface area contributed by atoms with Gasteiger partial charge < -0.3 is 9.64 Å². The summed E-state index contributed by atoms with van der Waals surface area (Å²) in [5, 5.41) is 8.29. The fourth-order valence-electron chi connectivity index (χ4n) is 2.83. The number of carbonyl (C=O) groups is 1. The number of amides is 1. The highest BCUT2D eigenvalue weighted by Crippen LogP contribution is 2.24. The van der Waals surface area contributed by atoms with Crippen LogP contribution in [-0.2, 0) is 4.79 Å². The van der Waals surface area contributed by atoms with Gasteiger partial charge in [0.1, 0.15) is 11.6 Å². The van der Waals surface area contributed by atoms with Gasteiger partial charge in [0.05, 0.1) is 0 Å². The molecule has 1 fully saturated rings. The summed E-state index contributed by atoms with van der Waals surface area (Å²) in [5.74, 6) is 0.518. The molecule has 5 nitrogen and oxygen atoms in total. The van der Waals surface area contributed by atoms with Crippen LogP contribution in [0.1, 0.15) is 32.1 Å². The molecule has 0 N–H and O–H groups in total.